The number of aliphatic imine (C=N–C) groups is 1. The number of rotatable bonds is 7. The van der Waals surface area contributed by atoms with Crippen molar-refractivity contribution in [2.24, 2.45) is 10.9 Å². The molecule has 3 rings (SSSR count). The molecule has 2 nitrogen and oxygen atoms in total. The largest absolute Gasteiger partial charge is 0.497 e. The molecule has 1 aliphatic carbocycles. The summed E-state index contributed by atoms with van der Waals surface area (Å²) in [5.74, 6) is 2.83. The predicted molar refractivity (Wildman–Crippen MR) is 121 cm³/mol. The lowest BCUT2D eigenvalue weighted by Crippen LogP contribution is -2.09. The van der Waals surface area contributed by atoms with Crippen LogP contribution in [0.25, 0.3) is 0 Å². The van der Waals surface area contributed by atoms with Crippen molar-refractivity contribution < 1.29 is 4.74 Å². The molecule has 0 unspecified atom stereocenters. The van der Waals surface area contributed by atoms with Gasteiger partial charge in [-0.05, 0) is 54.5 Å². The van der Waals surface area contributed by atoms with Crippen LogP contribution in [-0.4, -0.2) is 17.9 Å². The second-order valence-electron chi connectivity index (χ2n) is 6.70. The summed E-state index contributed by atoms with van der Waals surface area (Å²) in [6, 6.07) is 18.4. The van der Waals surface area contributed by atoms with Gasteiger partial charge in [0.1, 0.15) is 5.75 Å². The molecule has 1 saturated carbocycles. The van der Waals surface area contributed by atoms with E-state index in [-0.39, 0.29) is 0 Å². The van der Waals surface area contributed by atoms with Crippen LogP contribution in [-0.2, 0) is 0 Å². The number of benzene rings is 2. The van der Waals surface area contributed by atoms with Crippen LogP contribution in [0.2, 0.25) is 0 Å². The van der Waals surface area contributed by atoms with E-state index in [1.807, 2.05) is 42.1 Å². The molecule has 0 heterocycles. The number of nitrogens with zero attached hydrogens (tertiary/aromatic N) is 1. The van der Waals surface area contributed by atoms with Gasteiger partial charge in [-0.3, -0.25) is 0 Å². The minimum absolute atomic E-state index is 0.828. The summed E-state index contributed by atoms with van der Waals surface area (Å²) in [6.07, 6.45) is 9.04. The van der Waals surface area contributed by atoms with Crippen LogP contribution in [0.15, 0.2) is 76.0 Å². The number of thioether (sulfide) groups is 2. The van der Waals surface area contributed by atoms with E-state index >= 15 is 0 Å². The van der Waals surface area contributed by atoms with E-state index < -0.39 is 0 Å². The summed E-state index contributed by atoms with van der Waals surface area (Å²) in [5, 5.41) is 3.21. The second-order valence-corrected chi connectivity index (χ2v) is 8.72. The van der Waals surface area contributed by atoms with Gasteiger partial charge in [0.2, 0.25) is 0 Å². The number of ether oxygens (including phenoxy) is 1. The molecule has 0 saturated heterocycles. The zero-order valence-corrected chi connectivity index (χ0v) is 17.5. The summed E-state index contributed by atoms with van der Waals surface area (Å²) < 4.78 is 5.33. The Kier molecular flexibility index (Phi) is 8.37. The van der Waals surface area contributed by atoms with Gasteiger partial charge in [0.15, 0.2) is 0 Å². The molecule has 142 valence electrons. The van der Waals surface area contributed by atoms with Crippen LogP contribution in [0.4, 0.5) is 5.69 Å². The first kappa shape index (κ1) is 20.1. The number of methoxy groups -OCH3 is 1. The first-order valence-electron chi connectivity index (χ1n) is 9.57. The van der Waals surface area contributed by atoms with Crippen LogP contribution < -0.4 is 4.74 Å². The van der Waals surface area contributed by atoms with Gasteiger partial charge in [-0.2, -0.15) is 0 Å². The molecular formula is C23H27NOS2. The highest BCUT2D eigenvalue weighted by molar-refractivity contribution is 8.14. The molecule has 0 aromatic heterocycles. The highest BCUT2D eigenvalue weighted by Crippen LogP contribution is 2.29. The van der Waals surface area contributed by atoms with Gasteiger partial charge < -0.3 is 4.74 Å². The molecule has 0 amide bonds. The maximum atomic E-state index is 5.33. The molecule has 0 radical (unpaired) electrons. The van der Waals surface area contributed by atoms with Gasteiger partial charge in [-0.1, -0.05) is 55.3 Å². The minimum atomic E-state index is 0.828. The lowest BCUT2D eigenvalue weighted by atomic mass is 9.91. The van der Waals surface area contributed by atoms with E-state index in [0.29, 0.717) is 0 Å². The molecule has 1 fully saturated rings. The van der Waals surface area contributed by atoms with Gasteiger partial charge in [0, 0.05) is 16.7 Å². The zero-order chi connectivity index (χ0) is 18.7. The van der Waals surface area contributed by atoms with Gasteiger partial charge in [-0.15, -0.1) is 11.8 Å². The lowest BCUT2D eigenvalue weighted by molar-refractivity contribution is 0.391. The summed E-state index contributed by atoms with van der Waals surface area (Å²) in [5.41, 5.74) is 0.940. The maximum Gasteiger partial charge on any atom is 0.121 e. The normalized spacial score (nSPS) is 16.0. The van der Waals surface area contributed by atoms with E-state index in [1.54, 1.807) is 18.9 Å². The Balaban J connectivity index is 1.69. The lowest BCUT2D eigenvalue weighted by Gasteiger charge is -2.20. The molecule has 0 atom stereocenters. The van der Waals surface area contributed by atoms with E-state index in [9.17, 15) is 0 Å². The van der Waals surface area contributed by atoms with Gasteiger partial charge in [0.25, 0.3) is 0 Å². The molecule has 4 heteroatoms. The molecule has 0 N–H and O–H groups in total. The van der Waals surface area contributed by atoms with Crippen LogP contribution in [0.5, 0.6) is 5.75 Å². The Labute approximate surface area is 171 Å². The summed E-state index contributed by atoms with van der Waals surface area (Å²) in [6.45, 7) is 0. The van der Waals surface area contributed by atoms with Crippen LogP contribution in [0.1, 0.15) is 32.1 Å². The van der Waals surface area contributed by atoms with Crippen molar-refractivity contribution in [3.63, 3.8) is 0 Å². The quantitative estimate of drug-likeness (QED) is 0.277. The van der Waals surface area contributed by atoms with E-state index in [2.05, 4.69) is 35.7 Å². The van der Waals surface area contributed by atoms with Crippen LogP contribution in [0, 0.1) is 5.92 Å². The molecule has 27 heavy (non-hydrogen) atoms. The molecule has 1 aliphatic rings. The Morgan fingerprint density at radius 1 is 1.07 bits per heavy atom. The Morgan fingerprint density at radius 2 is 1.89 bits per heavy atom. The summed E-state index contributed by atoms with van der Waals surface area (Å²) >= 11 is 3.61. The Bertz CT molecular complexity index is 752. The molecule has 2 aromatic carbocycles. The molecule has 0 bridgehead atoms. The van der Waals surface area contributed by atoms with Gasteiger partial charge in [-0.25, -0.2) is 4.99 Å². The Hall–Kier alpha value is -1.65. The average Bonchev–Trinajstić information content (AvgIpc) is 2.73. The van der Waals surface area contributed by atoms with E-state index in [1.165, 1.54) is 37.0 Å². The SMILES string of the molecule is COc1cccc(N=C(/C=C/Sc2ccccc2)SCC2CCCCC2)c1. The van der Waals surface area contributed by atoms with Crippen molar-refractivity contribution in [3.8, 4) is 5.75 Å². The second kappa shape index (κ2) is 11.3. The Morgan fingerprint density at radius 3 is 2.67 bits per heavy atom. The molecule has 0 spiro atoms. The standard InChI is InChI=1S/C23H27NOS2/c1-25-21-12-8-11-20(17-21)24-23(27-18-19-9-4-2-5-10-19)15-16-26-22-13-6-3-7-14-22/h3,6-8,11-17,19H,2,4-5,9-10,18H2,1H3/b16-15+,24-23?. The van der Waals surface area contributed by atoms with Crippen LogP contribution >= 0.6 is 23.5 Å². The highest BCUT2D eigenvalue weighted by Gasteiger charge is 2.14. The maximum absolute atomic E-state index is 5.33. The van der Waals surface area contributed by atoms with Crippen molar-refractivity contribution >= 4 is 34.3 Å². The number of hydrogen-bond acceptors (Lipinski definition) is 4. The topological polar surface area (TPSA) is 21.6 Å². The van der Waals surface area contributed by atoms with Crippen molar-refractivity contribution in [1.82, 2.24) is 0 Å². The molecular weight excluding hydrogens is 370 g/mol. The first-order chi connectivity index (χ1) is 13.3. The van der Waals surface area contributed by atoms with Crippen molar-refractivity contribution in [1.29, 1.82) is 0 Å². The fourth-order valence-corrected chi connectivity index (χ4v) is 4.98. The zero-order valence-electron chi connectivity index (χ0n) is 15.8. The predicted octanol–water partition coefficient (Wildman–Crippen LogP) is 7.34. The van der Waals surface area contributed by atoms with E-state index in [4.69, 9.17) is 9.73 Å². The minimum Gasteiger partial charge on any atom is -0.497 e. The van der Waals surface area contributed by atoms with E-state index in [0.717, 1.165) is 28.2 Å². The monoisotopic (exact) mass is 397 g/mol. The van der Waals surface area contributed by atoms with Crippen molar-refractivity contribution in [2.45, 2.75) is 37.0 Å². The van der Waals surface area contributed by atoms with Gasteiger partial charge in [0.05, 0.1) is 17.8 Å². The molecule has 0 aliphatic heterocycles. The summed E-state index contributed by atoms with van der Waals surface area (Å²) in [7, 11) is 1.69. The average molecular weight is 398 g/mol. The third-order valence-corrected chi connectivity index (χ3v) is 6.62. The van der Waals surface area contributed by atoms with Gasteiger partial charge >= 0.3 is 0 Å². The number of hydrogen-bond donors (Lipinski definition) is 0. The first-order valence-corrected chi connectivity index (χ1v) is 11.4. The van der Waals surface area contributed by atoms with Crippen molar-refractivity contribution in [3.05, 3.63) is 66.1 Å². The fraction of sp³-hybridized carbons (Fsp3) is 0.348. The summed E-state index contributed by atoms with van der Waals surface area (Å²) in [4.78, 5) is 6.12. The van der Waals surface area contributed by atoms with Crippen LogP contribution in [0.3, 0.4) is 0 Å². The smallest absolute Gasteiger partial charge is 0.121 e. The van der Waals surface area contributed by atoms with Crippen molar-refractivity contribution in [2.75, 3.05) is 12.9 Å². The highest BCUT2D eigenvalue weighted by atomic mass is 32.2. The fourth-order valence-electron chi connectivity index (χ4n) is 3.15. The third-order valence-electron chi connectivity index (χ3n) is 4.64. The molecule has 2 aromatic rings. The third kappa shape index (κ3) is 7.11.